The summed E-state index contributed by atoms with van der Waals surface area (Å²) in [5.74, 6) is 0.403. The molecule has 1 heteroatoms. The predicted molar refractivity (Wildman–Crippen MR) is 114 cm³/mol. The van der Waals surface area contributed by atoms with Crippen molar-refractivity contribution in [1.29, 1.82) is 0 Å². The van der Waals surface area contributed by atoms with Gasteiger partial charge in [0.1, 0.15) is 5.75 Å². The van der Waals surface area contributed by atoms with E-state index in [4.69, 9.17) is 0 Å². The standard InChI is InChI=1S/C26H30O/c1-25(2,21-13-7-5-8-14-21)18-20-12-11-17-24(27)23(20)19-26(3,4)22-15-9-6-10-16-22/h5-17,27H,18-19H2,1-4H3. The molecule has 3 rings (SSSR count). The fourth-order valence-corrected chi connectivity index (χ4v) is 3.89. The van der Waals surface area contributed by atoms with Gasteiger partial charge in [-0.05, 0) is 52.0 Å². The van der Waals surface area contributed by atoms with Crippen LogP contribution in [0.3, 0.4) is 0 Å². The van der Waals surface area contributed by atoms with Gasteiger partial charge in [0.2, 0.25) is 0 Å². The van der Waals surface area contributed by atoms with Crippen LogP contribution in [0, 0.1) is 0 Å². The maximum Gasteiger partial charge on any atom is 0.119 e. The Labute approximate surface area is 163 Å². The van der Waals surface area contributed by atoms with Gasteiger partial charge in [-0.3, -0.25) is 0 Å². The summed E-state index contributed by atoms with van der Waals surface area (Å²) in [6, 6.07) is 27.1. The molecule has 0 aromatic heterocycles. The Morgan fingerprint density at radius 1 is 0.593 bits per heavy atom. The summed E-state index contributed by atoms with van der Waals surface area (Å²) in [6.45, 7) is 9.05. The molecule has 0 aliphatic rings. The summed E-state index contributed by atoms with van der Waals surface area (Å²) in [5, 5.41) is 10.7. The van der Waals surface area contributed by atoms with E-state index in [0.29, 0.717) is 5.75 Å². The van der Waals surface area contributed by atoms with Gasteiger partial charge in [-0.2, -0.15) is 0 Å². The predicted octanol–water partition coefficient (Wildman–Crippen LogP) is 6.43. The minimum atomic E-state index is -0.0499. The normalized spacial score (nSPS) is 12.1. The number of rotatable bonds is 6. The first kappa shape index (κ1) is 19.2. The zero-order valence-corrected chi connectivity index (χ0v) is 16.9. The zero-order valence-electron chi connectivity index (χ0n) is 16.9. The molecule has 3 aromatic rings. The molecule has 0 aliphatic carbocycles. The molecule has 0 radical (unpaired) electrons. The maximum atomic E-state index is 10.7. The Kier molecular flexibility index (Phi) is 5.41. The Hall–Kier alpha value is -2.54. The lowest BCUT2D eigenvalue weighted by Crippen LogP contribution is -2.24. The summed E-state index contributed by atoms with van der Waals surface area (Å²) in [4.78, 5) is 0. The SMILES string of the molecule is CC(C)(Cc1cccc(O)c1CC(C)(C)c1ccccc1)c1ccccc1. The van der Waals surface area contributed by atoms with Gasteiger partial charge in [0.05, 0.1) is 0 Å². The second-order valence-corrected chi connectivity index (χ2v) is 8.77. The third-order valence-corrected chi connectivity index (χ3v) is 5.61. The Balaban J connectivity index is 1.94. The quantitative estimate of drug-likeness (QED) is 0.538. The topological polar surface area (TPSA) is 20.2 Å². The zero-order chi connectivity index (χ0) is 19.5. The monoisotopic (exact) mass is 358 g/mol. The van der Waals surface area contributed by atoms with Crippen LogP contribution in [0.2, 0.25) is 0 Å². The van der Waals surface area contributed by atoms with Crippen molar-refractivity contribution in [2.75, 3.05) is 0 Å². The van der Waals surface area contributed by atoms with Crippen molar-refractivity contribution in [3.8, 4) is 5.75 Å². The van der Waals surface area contributed by atoms with Crippen molar-refractivity contribution >= 4 is 0 Å². The number of hydrogen-bond acceptors (Lipinski definition) is 1. The number of aromatic hydroxyl groups is 1. The van der Waals surface area contributed by atoms with Crippen molar-refractivity contribution in [3.05, 3.63) is 101 Å². The molecule has 1 nitrogen and oxygen atoms in total. The van der Waals surface area contributed by atoms with Gasteiger partial charge in [0, 0.05) is 0 Å². The molecule has 3 aromatic carbocycles. The summed E-state index contributed by atoms with van der Waals surface area (Å²) in [5.41, 5.74) is 4.86. The third-order valence-electron chi connectivity index (χ3n) is 5.61. The Morgan fingerprint density at radius 3 is 1.59 bits per heavy atom. The van der Waals surface area contributed by atoms with Gasteiger partial charge < -0.3 is 5.11 Å². The fourth-order valence-electron chi connectivity index (χ4n) is 3.89. The summed E-state index contributed by atoms with van der Waals surface area (Å²) < 4.78 is 0. The molecule has 0 atom stereocenters. The van der Waals surface area contributed by atoms with Crippen molar-refractivity contribution < 1.29 is 5.11 Å². The average molecular weight is 359 g/mol. The van der Waals surface area contributed by atoms with Gasteiger partial charge in [-0.1, -0.05) is 100 Å². The van der Waals surface area contributed by atoms with E-state index >= 15 is 0 Å². The van der Waals surface area contributed by atoms with Crippen LogP contribution >= 0.6 is 0 Å². The minimum absolute atomic E-state index is 0.000688. The van der Waals surface area contributed by atoms with E-state index < -0.39 is 0 Å². The molecule has 0 heterocycles. The first-order chi connectivity index (χ1) is 12.8. The minimum Gasteiger partial charge on any atom is -0.508 e. The lowest BCUT2D eigenvalue weighted by atomic mass is 9.74. The molecule has 0 spiro atoms. The fraction of sp³-hybridized carbons (Fsp3) is 0.308. The molecule has 0 unspecified atom stereocenters. The number of phenolic OH excluding ortho intramolecular Hbond substituents is 1. The smallest absolute Gasteiger partial charge is 0.119 e. The molecule has 0 saturated heterocycles. The molecule has 140 valence electrons. The van der Waals surface area contributed by atoms with Crippen LogP contribution in [0.25, 0.3) is 0 Å². The van der Waals surface area contributed by atoms with E-state index in [1.165, 1.54) is 16.7 Å². The van der Waals surface area contributed by atoms with Crippen LogP contribution in [-0.2, 0) is 23.7 Å². The second kappa shape index (κ2) is 7.60. The highest BCUT2D eigenvalue weighted by Gasteiger charge is 2.27. The maximum absolute atomic E-state index is 10.7. The molecule has 0 amide bonds. The molecule has 0 bridgehead atoms. The number of benzene rings is 3. The first-order valence-electron chi connectivity index (χ1n) is 9.70. The van der Waals surface area contributed by atoms with Crippen LogP contribution in [0.1, 0.15) is 49.9 Å². The third kappa shape index (κ3) is 4.42. The molecular weight excluding hydrogens is 328 g/mol. The van der Waals surface area contributed by atoms with Crippen molar-refractivity contribution in [3.63, 3.8) is 0 Å². The van der Waals surface area contributed by atoms with Crippen LogP contribution < -0.4 is 0 Å². The molecule has 0 fully saturated rings. The molecule has 1 N–H and O–H groups in total. The molecular formula is C26H30O. The Morgan fingerprint density at radius 2 is 1.07 bits per heavy atom. The van der Waals surface area contributed by atoms with Crippen LogP contribution in [0.4, 0.5) is 0 Å². The van der Waals surface area contributed by atoms with Crippen molar-refractivity contribution in [1.82, 2.24) is 0 Å². The van der Waals surface area contributed by atoms with Crippen molar-refractivity contribution in [2.45, 2.75) is 51.4 Å². The lowest BCUT2D eigenvalue weighted by molar-refractivity contribution is 0.443. The van der Waals surface area contributed by atoms with Gasteiger partial charge in [-0.15, -0.1) is 0 Å². The van der Waals surface area contributed by atoms with E-state index in [0.717, 1.165) is 18.4 Å². The highest BCUT2D eigenvalue weighted by molar-refractivity contribution is 5.43. The van der Waals surface area contributed by atoms with Crippen LogP contribution in [0.15, 0.2) is 78.9 Å². The summed E-state index contributed by atoms with van der Waals surface area (Å²) >= 11 is 0. The molecule has 27 heavy (non-hydrogen) atoms. The summed E-state index contributed by atoms with van der Waals surface area (Å²) in [7, 11) is 0. The van der Waals surface area contributed by atoms with Gasteiger partial charge in [-0.25, -0.2) is 0 Å². The van der Waals surface area contributed by atoms with Gasteiger partial charge in [0.25, 0.3) is 0 Å². The van der Waals surface area contributed by atoms with E-state index in [-0.39, 0.29) is 10.8 Å². The largest absolute Gasteiger partial charge is 0.508 e. The van der Waals surface area contributed by atoms with Crippen LogP contribution in [-0.4, -0.2) is 5.11 Å². The first-order valence-corrected chi connectivity index (χ1v) is 9.70. The number of hydrogen-bond donors (Lipinski definition) is 1. The average Bonchev–Trinajstić information content (AvgIpc) is 2.66. The van der Waals surface area contributed by atoms with Gasteiger partial charge >= 0.3 is 0 Å². The van der Waals surface area contributed by atoms with Crippen molar-refractivity contribution in [2.24, 2.45) is 0 Å². The lowest BCUT2D eigenvalue weighted by Gasteiger charge is -2.30. The van der Waals surface area contributed by atoms with E-state index in [1.54, 1.807) is 0 Å². The van der Waals surface area contributed by atoms with E-state index in [1.807, 2.05) is 18.2 Å². The van der Waals surface area contributed by atoms with E-state index in [9.17, 15) is 5.11 Å². The summed E-state index contributed by atoms with van der Waals surface area (Å²) in [6.07, 6.45) is 1.70. The molecule has 0 aliphatic heterocycles. The van der Waals surface area contributed by atoms with Gasteiger partial charge in [0.15, 0.2) is 0 Å². The highest BCUT2D eigenvalue weighted by atomic mass is 16.3. The molecule has 0 saturated carbocycles. The highest BCUT2D eigenvalue weighted by Crippen LogP contribution is 2.36. The number of phenols is 1. The second-order valence-electron chi connectivity index (χ2n) is 8.77. The van der Waals surface area contributed by atoms with E-state index in [2.05, 4.69) is 88.4 Å². The van der Waals surface area contributed by atoms with Crippen LogP contribution in [0.5, 0.6) is 5.75 Å². The Bertz CT molecular complexity index is 877.